The number of amides is 1. The maximum atomic E-state index is 12.8. The second-order valence-electron chi connectivity index (χ2n) is 7.22. The van der Waals surface area contributed by atoms with E-state index in [2.05, 4.69) is 4.72 Å². The standard InChI is InChI=1S/C21H26N2O4S/c1-16(18-8-3-2-4-9-18)22-28(26,27)20-11-5-10-19(13-20)21(25)23-12-6-7-17(14-23)15-24/h2-5,8-11,13,16-17,22,24H,6-7,12,14-15H2,1H3. The van der Waals surface area contributed by atoms with Crippen molar-refractivity contribution in [1.29, 1.82) is 0 Å². The van der Waals surface area contributed by atoms with Crippen LogP contribution in [0.4, 0.5) is 0 Å². The largest absolute Gasteiger partial charge is 0.396 e. The summed E-state index contributed by atoms with van der Waals surface area (Å²) in [6.07, 6.45) is 1.74. The highest BCUT2D eigenvalue weighted by Gasteiger charge is 2.25. The zero-order valence-corrected chi connectivity index (χ0v) is 16.7. The first kappa shape index (κ1) is 20.5. The minimum atomic E-state index is -3.77. The van der Waals surface area contributed by atoms with Crippen LogP contribution in [0, 0.1) is 5.92 Å². The van der Waals surface area contributed by atoms with E-state index in [0.29, 0.717) is 18.7 Å². The van der Waals surface area contributed by atoms with Gasteiger partial charge in [0.15, 0.2) is 0 Å². The van der Waals surface area contributed by atoms with Crippen LogP contribution in [0.25, 0.3) is 0 Å². The molecule has 2 aromatic rings. The molecule has 150 valence electrons. The molecule has 2 unspecified atom stereocenters. The molecule has 1 saturated heterocycles. The van der Waals surface area contributed by atoms with Gasteiger partial charge in [-0.25, -0.2) is 13.1 Å². The predicted molar refractivity (Wildman–Crippen MR) is 107 cm³/mol. The lowest BCUT2D eigenvalue weighted by Gasteiger charge is -2.32. The van der Waals surface area contributed by atoms with E-state index in [-0.39, 0.29) is 23.3 Å². The molecule has 3 rings (SSSR count). The van der Waals surface area contributed by atoms with Gasteiger partial charge in [-0.15, -0.1) is 0 Å². The molecule has 0 spiro atoms. The monoisotopic (exact) mass is 402 g/mol. The lowest BCUT2D eigenvalue weighted by Crippen LogP contribution is -2.41. The molecule has 0 radical (unpaired) electrons. The number of hydrogen-bond acceptors (Lipinski definition) is 4. The molecule has 6 nitrogen and oxygen atoms in total. The van der Waals surface area contributed by atoms with Crippen molar-refractivity contribution >= 4 is 15.9 Å². The van der Waals surface area contributed by atoms with E-state index in [1.807, 2.05) is 30.3 Å². The van der Waals surface area contributed by atoms with Gasteiger partial charge in [0.2, 0.25) is 10.0 Å². The smallest absolute Gasteiger partial charge is 0.253 e. The van der Waals surface area contributed by atoms with E-state index in [1.165, 1.54) is 12.1 Å². The number of aliphatic hydroxyl groups is 1. The van der Waals surface area contributed by atoms with Gasteiger partial charge in [0, 0.05) is 31.3 Å². The summed E-state index contributed by atoms with van der Waals surface area (Å²) in [4.78, 5) is 14.6. The molecule has 0 aliphatic carbocycles. The van der Waals surface area contributed by atoms with Gasteiger partial charge in [-0.05, 0) is 49.4 Å². The van der Waals surface area contributed by atoms with Gasteiger partial charge in [0.25, 0.3) is 5.91 Å². The first-order chi connectivity index (χ1) is 13.4. The van der Waals surface area contributed by atoms with Crippen LogP contribution < -0.4 is 4.72 Å². The van der Waals surface area contributed by atoms with Crippen molar-refractivity contribution in [2.45, 2.75) is 30.7 Å². The van der Waals surface area contributed by atoms with Crippen LogP contribution in [-0.4, -0.2) is 44.0 Å². The molecule has 1 aliphatic heterocycles. The average Bonchev–Trinajstić information content (AvgIpc) is 2.73. The number of likely N-dealkylation sites (tertiary alicyclic amines) is 1. The van der Waals surface area contributed by atoms with Crippen LogP contribution in [0.1, 0.15) is 41.7 Å². The SMILES string of the molecule is CC(NS(=O)(=O)c1cccc(C(=O)N2CCCC(CO)C2)c1)c1ccccc1. The minimum absolute atomic E-state index is 0.0551. The van der Waals surface area contributed by atoms with Gasteiger partial charge >= 0.3 is 0 Å². The quantitative estimate of drug-likeness (QED) is 0.778. The van der Waals surface area contributed by atoms with Crippen LogP contribution in [0.3, 0.4) is 0 Å². The molecule has 2 aromatic carbocycles. The molecule has 1 heterocycles. The van der Waals surface area contributed by atoms with Gasteiger partial charge in [0.05, 0.1) is 4.90 Å². The third-order valence-corrected chi connectivity index (χ3v) is 6.63. The fourth-order valence-electron chi connectivity index (χ4n) is 3.49. The molecule has 1 aliphatic rings. The van der Waals surface area contributed by atoms with Gasteiger partial charge in [0.1, 0.15) is 0 Å². The first-order valence-corrected chi connectivity index (χ1v) is 11.0. The number of carbonyl (C=O) groups is 1. The van der Waals surface area contributed by atoms with E-state index in [0.717, 1.165) is 18.4 Å². The number of rotatable bonds is 6. The summed E-state index contributed by atoms with van der Waals surface area (Å²) in [6.45, 7) is 2.95. The average molecular weight is 403 g/mol. The highest BCUT2D eigenvalue weighted by molar-refractivity contribution is 7.89. The Hall–Kier alpha value is -2.22. The third kappa shape index (κ3) is 4.79. The van der Waals surface area contributed by atoms with E-state index in [1.54, 1.807) is 24.0 Å². The fourth-order valence-corrected chi connectivity index (χ4v) is 4.77. The molecule has 28 heavy (non-hydrogen) atoms. The van der Waals surface area contributed by atoms with Gasteiger partial charge in [-0.1, -0.05) is 36.4 Å². The van der Waals surface area contributed by atoms with Crippen molar-refractivity contribution in [3.8, 4) is 0 Å². The Balaban J connectivity index is 1.77. The number of carbonyl (C=O) groups excluding carboxylic acids is 1. The van der Waals surface area contributed by atoms with Crippen LogP contribution in [-0.2, 0) is 10.0 Å². The third-order valence-electron chi connectivity index (χ3n) is 5.09. The van der Waals surface area contributed by atoms with Gasteiger partial charge in [-0.2, -0.15) is 0 Å². The fraction of sp³-hybridized carbons (Fsp3) is 0.381. The number of nitrogens with zero attached hydrogens (tertiary/aromatic N) is 1. The second kappa shape index (κ2) is 8.86. The lowest BCUT2D eigenvalue weighted by atomic mass is 9.98. The molecule has 0 saturated carbocycles. The summed E-state index contributed by atoms with van der Waals surface area (Å²) in [7, 11) is -3.77. The van der Waals surface area contributed by atoms with Crippen LogP contribution >= 0.6 is 0 Å². The van der Waals surface area contributed by atoms with E-state index in [9.17, 15) is 18.3 Å². The lowest BCUT2D eigenvalue weighted by molar-refractivity contribution is 0.0620. The van der Waals surface area contributed by atoms with Crippen LogP contribution in [0.2, 0.25) is 0 Å². The Morgan fingerprint density at radius 1 is 1.21 bits per heavy atom. The molecule has 1 amide bonds. The summed E-state index contributed by atoms with van der Waals surface area (Å²) in [6, 6.07) is 15.1. The van der Waals surface area contributed by atoms with E-state index >= 15 is 0 Å². The Kier molecular flexibility index (Phi) is 6.49. The minimum Gasteiger partial charge on any atom is -0.396 e. The van der Waals surface area contributed by atoms with Crippen molar-refractivity contribution in [2.75, 3.05) is 19.7 Å². The summed E-state index contributed by atoms with van der Waals surface area (Å²) < 4.78 is 28.3. The summed E-state index contributed by atoms with van der Waals surface area (Å²) in [5.41, 5.74) is 1.20. The van der Waals surface area contributed by atoms with Crippen LogP contribution in [0.15, 0.2) is 59.5 Å². The molecule has 1 fully saturated rings. The molecule has 7 heteroatoms. The maximum Gasteiger partial charge on any atom is 0.253 e. The Morgan fingerprint density at radius 3 is 2.68 bits per heavy atom. The van der Waals surface area contributed by atoms with Crippen molar-refractivity contribution in [3.05, 3.63) is 65.7 Å². The van der Waals surface area contributed by atoms with E-state index in [4.69, 9.17) is 0 Å². The predicted octanol–water partition coefficient (Wildman–Crippen LogP) is 2.57. The molecular weight excluding hydrogens is 376 g/mol. The van der Waals surface area contributed by atoms with Crippen molar-refractivity contribution in [1.82, 2.24) is 9.62 Å². The normalized spacial score (nSPS) is 18.6. The molecule has 2 N–H and O–H groups in total. The second-order valence-corrected chi connectivity index (χ2v) is 8.94. The van der Waals surface area contributed by atoms with Crippen molar-refractivity contribution in [2.24, 2.45) is 5.92 Å². The Morgan fingerprint density at radius 2 is 1.96 bits per heavy atom. The Labute approximate surface area is 166 Å². The van der Waals surface area contributed by atoms with Gasteiger partial charge in [-0.3, -0.25) is 4.79 Å². The summed E-state index contributed by atoms with van der Waals surface area (Å²) in [5, 5.41) is 9.36. The number of piperidine rings is 1. The van der Waals surface area contributed by atoms with E-state index < -0.39 is 16.1 Å². The van der Waals surface area contributed by atoms with Gasteiger partial charge < -0.3 is 10.0 Å². The number of aliphatic hydroxyl groups excluding tert-OH is 1. The topological polar surface area (TPSA) is 86.7 Å². The number of nitrogens with one attached hydrogen (secondary N) is 1. The van der Waals surface area contributed by atoms with Crippen molar-refractivity contribution in [3.63, 3.8) is 0 Å². The highest BCUT2D eigenvalue weighted by Crippen LogP contribution is 2.21. The number of hydrogen-bond donors (Lipinski definition) is 2. The molecule has 0 aromatic heterocycles. The molecule has 0 bridgehead atoms. The highest BCUT2D eigenvalue weighted by atomic mass is 32.2. The zero-order valence-electron chi connectivity index (χ0n) is 15.9. The number of sulfonamides is 1. The molecule has 2 atom stereocenters. The summed E-state index contributed by atoms with van der Waals surface area (Å²) >= 11 is 0. The zero-order chi connectivity index (χ0) is 20.1. The van der Waals surface area contributed by atoms with Crippen molar-refractivity contribution < 1.29 is 18.3 Å². The summed E-state index contributed by atoms with van der Waals surface area (Å²) in [5.74, 6) is -0.121. The van der Waals surface area contributed by atoms with Crippen LogP contribution in [0.5, 0.6) is 0 Å². The number of benzene rings is 2. The maximum absolute atomic E-state index is 12.8. The Bertz CT molecular complexity index is 915. The molecular formula is C21H26N2O4S. The first-order valence-electron chi connectivity index (χ1n) is 9.48.